The van der Waals surface area contributed by atoms with E-state index in [0.717, 1.165) is 5.75 Å². The smallest absolute Gasteiger partial charge is 0.179 e. The molecule has 4 nitrogen and oxygen atoms in total. The number of benzene rings is 3. The summed E-state index contributed by atoms with van der Waals surface area (Å²) in [7, 11) is -3.83. The van der Waals surface area contributed by atoms with Gasteiger partial charge in [-0.15, -0.1) is 0 Å². The molecule has 0 saturated carbocycles. The van der Waals surface area contributed by atoms with Gasteiger partial charge < -0.3 is 9.29 Å². The van der Waals surface area contributed by atoms with Gasteiger partial charge in [-0.3, -0.25) is 0 Å². The second-order valence-corrected chi connectivity index (χ2v) is 9.32. The number of hydrogen-bond donors (Lipinski definition) is 0. The maximum Gasteiger partial charge on any atom is 0.179 e. The first-order valence-corrected chi connectivity index (χ1v) is 11.1. The van der Waals surface area contributed by atoms with Gasteiger partial charge in [-0.2, -0.15) is 0 Å². The molecule has 0 N–H and O–H groups in total. The number of alkyl halides is 1. The highest BCUT2D eigenvalue weighted by Gasteiger charge is 2.24. The Hall–Kier alpha value is -2.27. The normalized spacial score (nSPS) is 10.8. The maximum absolute atomic E-state index is 10.6. The zero-order chi connectivity index (χ0) is 19.7. The Morgan fingerprint density at radius 3 is 1.52 bits per heavy atom. The number of methoxy groups -OCH3 is 1. The number of halogens is 1. The number of ether oxygens (including phenoxy) is 1. The topological polar surface area (TPSA) is 66.4 Å². The standard InChI is InChI=1S/C19H17OP.CH3FO3S/c1-20-16-12-14-19(15-13-16)21(17-8-4-2-5-9-17)18-10-6-3-7-11-18;2-1-6(3,4)5/h2-15H,1H3;1H2,(H,3,4,5). The molecule has 0 saturated heterocycles. The van der Waals surface area contributed by atoms with Crippen molar-refractivity contribution in [2.45, 2.75) is 0 Å². The van der Waals surface area contributed by atoms with Crippen LogP contribution in [0.1, 0.15) is 0 Å². The largest absolute Gasteiger partial charge is 0.746 e. The molecule has 0 aromatic heterocycles. The molecule has 0 bridgehead atoms. The van der Waals surface area contributed by atoms with Crippen LogP contribution >= 0.6 is 7.92 Å². The van der Waals surface area contributed by atoms with Crippen LogP contribution in [-0.4, -0.2) is 26.1 Å². The van der Waals surface area contributed by atoms with E-state index in [1.54, 1.807) is 7.11 Å². The Balaban J connectivity index is 0.000000380. The van der Waals surface area contributed by atoms with E-state index in [4.69, 9.17) is 17.7 Å². The highest BCUT2D eigenvalue weighted by molar-refractivity contribution is 7.85. The first kappa shape index (κ1) is 21.0. The van der Waals surface area contributed by atoms with Gasteiger partial charge in [-0.25, -0.2) is 12.8 Å². The molecule has 3 aromatic carbocycles. The second kappa shape index (κ2) is 10.2. The molecule has 0 amide bonds. The van der Waals surface area contributed by atoms with Gasteiger partial charge in [-0.05, 0) is 48.5 Å². The van der Waals surface area contributed by atoms with Crippen molar-refractivity contribution in [2.24, 2.45) is 0 Å². The Morgan fingerprint density at radius 2 is 1.19 bits per heavy atom. The molecule has 0 aliphatic rings. The Kier molecular flexibility index (Phi) is 7.92. The Bertz CT molecular complexity index is 878. The predicted molar refractivity (Wildman–Crippen MR) is 109 cm³/mol. The van der Waals surface area contributed by atoms with Gasteiger partial charge in [0, 0.05) is 0 Å². The molecule has 0 aliphatic carbocycles. The maximum atomic E-state index is 10.6. The fourth-order valence-corrected chi connectivity index (χ4v) is 5.02. The zero-order valence-electron chi connectivity index (χ0n) is 14.7. The van der Waals surface area contributed by atoms with Crippen LogP contribution in [0.5, 0.6) is 5.75 Å². The van der Waals surface area contributed by atoms with E-state index < -0.39 is 24.0 Å². The van der Waals surface area contributed by atoms with E-state index in [0.29, 0.717) is 0 Å². The van der Waals surface area contributed by atoms with Gasteiger partial charge in [0.05, 0.1) is 15.0 Å². The minimum Gasteiger partial charge on any atom is -0.746 e. The van der Waals surface area contributed by atoms with Gasteiger partial charge in [0.1, 0.15) is 31.8 Å². The van der Waals surface area contributed by atoms with Crippen molar-refractivity contribution in [1.82, 2.24) is 0 Å². The monoisotopic (exact) mass is 406 g/mol. The molecule has 3 aromatic rings. The molecule has 0 heterocycles. The molecule has 3 rings (SSSR count). The van der Waals surface area contributed by atoms with Crippen molar-refractivity contribution in [1.29, 1.82) is 0 Å². The van der Waals surface area contributed by atoms with Gasteiger partial charge in [0.15, 0.2) is 6.01 Å². The van der Waals surface area contributed by atoms with Crippen LogP contribution < -0.4 is 20.7 Å². The van der Waals surface area contributed by atoms with E-state index in [-0.39, 0.29) is 0 Å². The third kappa shape index (κ3) is 6.75. The van der Waals surface area contributed by atoms with Crippen molar-refractivity contribution in [2.75, 3.05) is 13.1 Å². The summed E-state index contributed by atoms with van der Waals surface area (Å²) in [5, 5.41) is 4.18. The van der Waals surface area contributed by atoms with E-state index in [9.17, 15) is 4.39 Å². The van der Waals surface area contributed by atoms with Gasteiger partial charge >= 0.3 is 0 Å². The highest BCUT2D eigenvalue weighted by Crippen LogP contribution is 2.32. The molecule has 0 aliphatic heterocycles. The molecule has 7 heteroatoms. The fourth-order valence-electron chi connectivity index (χ4n) is 2.47. The summed E-state index contributed by atoms with van der Waals surface area (Å²) >= 11 is 0. The second-order valence-electron chi connectivity index (χ2n) is 5.50. The van der Waals surface area contributed by atoms with Crippen LogP contribution in [0.25, 0.3) is 0 Å². The third-order valence-corrected chi connectivity index (χ3v) is 6.64. The van der Waals surface area contributed by atoms with Crippen LogP contribution in [0.15, 0.2) is 84.9 Å². The number of hydrogen-bond acceptors (Lipinski definition) is 4. The van der Waals surface area contributed by atoms with Crippen LogP contribution in [0.4, 0.5) is 4.39 Å². The Labute approximate surface area is 160 Å². The lowest BCUT2D eigenvalue weighted by atomic mass is 10.3. The van der Waals surface area contributed by atoms with Gasteiger partial charge in [0.2, 0.25) is 0 Å². The molecule has 27 heavy (non-hydrogen) atoms. The summed E-state index contributed by atoms with van der Waals surface area (Å²) in [5.74, 6) is 0.904. The van der Waals surface area contributed by atoms with E-state index >= 15 is 0 Å². The molecule has 0 spiro atoms. The van der Waals surface area contributed by atoms with Crippen LogP contribution in [0.3, 0.4) is 0 Å². The molecule has 0 radical (unpaired) electrons. The van der Waals surface area contributed by atoms with Crippen molar-refractivity contribution in [3.8, 4) is 5.75 Å². The van der Waals surface area contributed by atoms with Crippen LogP contribution in [0.2, 0.25) is 0 Å². The average Bonchev–Trinajstić information content (AvgIpc) is 2.70. The fraction of sp³-hybridized carbons (Fsp3) is 0.100. The number of rotatable bonds is 5. The highest BCUT2D eigenvalue weighted by atomic mass is 32.2. The molecular formula is C20H20FO4PS. The van der Waals surface area contributed by atoms with E-state index in [2.05, 4.69) is 72.8 Å². The van der Waals surface area contributed by atoms with Crippen molar-refractivity contribution < 1.29 is 22.1 Å². The predicted octanol–water partition coefficient (Wildman–Crippen LogP) is 2.64. The average molecular weight is 406 g/mol. The first-order chi connectivity index (χ1) is 12.9. The molecular weight excluding hydrogens is 386 g/mol. The first-order valence-electron chi connectivity index (χ1n) is 8.06. The summed E-state index contributed by atoms with van der Waals surface area (Å²) < 4.78 is 43.1. The van der Waals surface area contributed by atoms with E-state index in [1.807, 2.05) is 12.1 Å². The lowest BCUT2D eigenvalue weighted by Crippen LogP contribution is -2.20. The summed E-state index contributed by atoms with van der Waals surface area (Å²) in [5.41, 5.74) is 0. The lowest BCUT2D eigenvalue weighted by molar-refractivity contribution is 0.415. The molecule has 142 valence electrons. The summed E-state index contributed by atoms with van der Waals surface area (Å²) in [6.45, 7) is 0. The van der Waals surface area contributed by atoms with E-state index in [1.165, 1.54) is 15.9 Å². The molecule has 0 unspecified atom stereocenters. The quantitative estimate of drug-likeness (QED) is 0.483. The minimum absolute atomic E-state index is 0.904. The lowest BCUT2D eigenvalue weighted by Gasteiger charge is -2.11. The van der Waals surface area contributed by atoms with Gasteiger partial charge in [0.25, 0.3) is 0 Å². The van der Waals surface area contributed by atoms with Crippen LogP contribution in [-0.2, 0) is 10.1 Å². The minimum atomic E-state index is -4.58. The molecule has 0 fully saturated rings. The summed E-state index contributed by atoms with van der Waals surface area (Å²) in [6, 6.07) is 28.2. The Morgan fingerprint density at radius 1 is 0.815 bits per heavy atom. The molecule has 0 atom stereocenters. The van der Waals surface area contributed by atoms with Crippen molar-refractivity contribution >= 4 is 34.0 Å². The van der Waals surface area contributed by atoms with Crippen molar-refractivity contribution in [3.63, 3.8) is 0 Å². The van der Waals surface area contributed by atoms with Crippen molar-refractivity contribution in [3.05, 3.63) is 84.9 Å². The summed E-state index contributed by atoms with van der Waals surface area (Å²) in [6.07, 6.45) is 0. The SMILES string of the molecule is COc1ccc([PH+](c2ccccc2)c2ccccc2)cc1.O=S(=O)([O-])CF. The zero-order valence-corrected chi connectivity index (χ0v) is 16.5. The summed E-state index contributed by atoms with van der Waals surface area (Å²) in [4.78, 5) is 0. The van der Waals surface area contributed by atoms with Gasteiger partial charge in [-0.1, -0.05) is 36.4 Å². The van der Waals surface area contributed by atoms with Crippen LogP contribution in [0, 0.1) is 0 Å². The third-order valence-electron chi connectivity index (χ3n) is 3.64.